The third-order valence-electron chi connectivity index (χ3n) is 3.89. The van der Waals surface area contributed by atoms with Crippen LogP contribution in [-0.2, 0) is 0 Å². The number of nitrogens with one attached hydrogen (secondary N) is 1. The number of aromatic nitrogens is 2. The van der Waals surface area contributed by atoms with Gasteiger partial charge >= 0.3 is 0 Å². The average molecular weight is 376 g/mol. The predicted octanol–water partition coefficient (Wildman–Crippen LogP) is 2.67. The Morgan fingerprint density at radius 1 is 1.07 bits per heavy atom. The number of amides is 2. The molecule has 2 rings (SSSR count). The molecule has 0 spiro atoms. The molecule has 2 aromatic heterocycles. The molecule has 144 valence electrons. The van der Waals surface area contributed by atoms with Crippen LogP contribution in [0.4, 0.5) is 8.78 Å². The van der Waals surface area contributed by atoms with E-state index in [0.717, 1.165) is 12.1 Å². The van der Waals surface area contributed by atoms with E-state index in [2.05, 4.69) is 15.3 Å². The Labute approximate surface area is 156 Å². The summed E-state index contributed by atoms with van der Waals surface area (Å²) in [5.74, 6) is -2.05. The maximum Gasteiger partial charge on any atom is 0.253 e. The number of rotatable bonds is 7. The Hall–Kier alpha value is -2.90. The molecule has 0 aliphatic carbocycles. The highest BCUT2D eigenvalue weighted by molar-refractivity contribution is 5.95. The van der Waals surface area contributed by atoms with Crippen LogP contribution in [0.3, 0.4) is 0 Å². The molecule has 6 nitrogen and oxygen atoms in total. The number of nitrogens with zero attached hydrogens (tertiary/aromatic N) is 3. The van der Waals surface area contributed by atoms with E-state index in [-0.39, 0.29) is 35.5 Å². The van der Waals surface area contributed by atoms with Crippen LogP contribution in [-0.4, -0.2) is 46.3 Å². The summed E-state index contributed by atoms with van der Waals surface area (Å²) < 4.78 is 26.5. The minimum atomic E-state index is -0.741. The van der Waals surface area contributed by atoms with Gasteiger partial charge in [-0.15, -0.1) is 0 Å². The van der Waals surface area contributed by atoms with Gasteiger partial charge in [0.2, 0.25) is 11.9 Å². The number of hydrogen-bond acceptors (Lipinski definition) is 4. The summed E-state index contributed by atoms with van der Waals surface area (Å²) in [6, 6.07) is 4.61. The van der Waals surface area contributed by atoms with E-state index >= 15 is 0 Å². The maximum absolute atomic E-state index is 13.2. The van der Waals surface area contributed by atoms with Crippen molar-refractivity contribution < 1.29 is 18.4 Å². The van der Waals surface area contributed by atoms with Crippen LogP contribution in [0.1, 0.15) is 41.0 Å². The molecule has 0 aliphatic heterocycles. The molecule has 1 N–H and O–H groups in total. The molecule has 0 radical (unpaired) electrons. The standard InChI is InChI=1S/C19H22F2N4O2/c1-12(2)8-15(24-18(26)13-4-6-22-16(20)9-13)11-25(3)19(27)14-5-7-23-17(21)10-14/h4-7,9-10,12,15H,8,11H2,1-3H3,(H,24,26)/t15-/m1/s1. The Morgan fingerprint density at radius 3 is 2.19 bits per heavy atom. The lowest BCUT2D eigenvalue weighted by molar-refractivity contribution is 0.0758. The zero-order valence-corrected chi connectivity index (χ0v) is 15.4. The number of halogens is 2. The Bertz CT molecular complexity index is 814. The van der Waals surface area contributed by atoms with Crippen molar-refractivity contribution in [3.8, 4) is 0 Å². The summed E-state index contributed by atoms with van der Waals surface area (Å²) in [6.07, 6.45) is 3.05. The van der Waals surface area contributed by atoms with E-state index in [1.165, 1.54) is 29.4 Å². The van der Waals surface area contributed by atoms with Gasteiger partial charge < -0.3 is 10.2 Å². The number of hydrogen-bond donors (Lipinski definition) is 1. The number of pyridine rings is 2. The SMILES string of the molecule is CC(C)C[C@H](CN(C)C(=O)c1ccnc(F)c1)NC(=O)c1ccnc(F)c1. The van der Waals surface area contributed by atoms with Crippen LogP contribution < -0.4 is 5.32 Å². The fourth-order valence-electron chi connectivity index (χ4n) is 2.73. The quantitative estimate of drug-likeness (QED) is 0.754. The molecule has 2 amide bonds. The molecule has 2 aromatic rings. The van der Waals surface area contributed by atoms with Gasteiger partial charge in [0.1, 0.15) is 0 Å². The van der Waals surface area contributed by atoms with Gasteiger partial charge in [0.05, 0.1) is 0 Å². The third-order valence-corrected chi connectivity index (χ3v) is 3.89. The highest BCUT2D eigenvalue weighted by atomic mass is 19.1. The molecule has 8 heteroatoms. The van der Waals surface area contributed by atoms with E-state index in [1.807, 2.05) is 13.8 Å². The van der Waals surface area contributed by atoms with E-state index in [1.54, 1.807) is 7.05 Å². The molecule has 1 atom stereocenters. The zero-order valence-electron chi connectivity index (χ0n) is 15.4. The second kappa shape index (κ2) is 9.16. The highest BCUT2D eigenvalue weighted by Gasteiger charge is 2.21. The highest BCUT2D eigenvalue weighted by Crippen LogP contribution is 2.11. The maximum atomic E-state index is 13.2. The molecular weight excluding hydrogens is 354 g/mol. The number of carbonyl (C=O) groups is 2. The molecule has 27 heavy (non-hydrogen) atoms. The van der Waals surface area contributed by atoms with E-state index in [4.69, 9.17) is 0 Å². The van der Waals surface area contributed by atoms with Gasteiger partial charge in [-0.1, -0.05) is 13.8 Å². The second-order valence-electron chi connectivity index (χ2n) is 6.72. The minimum Gasteiger partial charge on any atom is -0.348 e. The third kappa shape index (κ3) is 6.09. The van der Waals surface area contributed by atoms with Crippen molar-refractivity contribution in [2.45, 2.75) is 26.3 Å². The van der Waals surface area contributed by atoms with Gasteiger partial charge in [-0.2, -0.15) is 8.78 Å². The summed E-state index contributed by atoms with van der Waals surface area (Å²) in [7, 11) is 1.58. The summed E-state index contributed by atoms with van der Waals surface area (Å²) in [5, 5.41) is 2.83. The number of likely N-dealkylation sites (N-methyl/N-ethyl adjacent to an activating group) is 1. The molecule has 0 saturated carbocycles. The predicted molar refractivity (Wildman–Crippen MR) is 96.1 cm³/mol. The topological polar surface area (TPSA) is 75.2 Å². The van der Waals surface area contributed by atoms with Crippen LogP contribution in [0.5, 0.6) is 0 Å². The Kier molecular flexibility index (Phi) is 6.92. The first kappa shape index (κ1) is 20.4. The molecule has 0 saturated heterocycles. The monoisotopic (exact) mass is 376 g/mol. The van der Waals surface area contributed by atoms with Gasteiger partial charge in [0, 0.05) is 55.3 Å². The average Bonchev–Trinajstić information content (AvgIpc) is 2.60. The second-order valence-corrected chi connectivity index (χ2v) is 6.72. The number of carbonyl (C=O) groups excluding carboxylic acids is 2. The fraction of sp³-hybridized carbons (Fsp3) is 0.368. The Balaban J connectivity index is 2.09. The normalized spacial score (nSPS) is 11.9. The molecule has 0 unspecified atom stereocenters. The van der Waals surface area contributed by atoms with Crippen molar-refractivity contribution in [1.82, 2.24) is 20.2 Å². The van der Waals surface area contributed by atoms with E-state index in [9.17, 15) is 18.4 Å². The van der Waals surface area contributed by atoms with Crippen molar-refractivity contribution in [3.63, 3.8) is 0 Å². The summed E-state index contributed by atoms with van der Waals surface area (Å²) in [6.45, 7) is 4.21. The molecular formula is C19H22F2N4O2. The van der Waals surface area contributed by atoms with Gasteiger partial charge in [-0.05, 0) is 24.5 Å². The van der Waals surface area contributed by atoms with Gasteiger partial charge in [-0.25, -0.2) is 9.97 Å². The lowest BCUT2D eigenvalue weighted by atomic mass is 10.0. The van der Waals surface area contributed by atoms with Crippen molar-refractivity contribution in [2.24, 2.45) is 5.92 Å². The van der Waals surface area contributed by atoms with Crippen molar-refractivity contribution in [3.05, 3.63) is 59.7 Å². The first-order valence-electron chi connectivity index (χ1n) is 8.55. The van der Waals surface area contributed by atoms with Crippen LogP contribution >= 0.6 is 0 Å². The van der Waals surface area contributed by atoms with Crippen LogP contribution in [0.2, 0.25) is 0 Å². The smallest absolute Gasteiger partial charge is 0.253 e. The van der Waals surface area contributed by atoms with Crippen molar-refractivity contribution >= 4 is 11.8 Å². The molecule has 0 aliphatic rings. The largest absolute Gasteiger partial charge is 0.348 e. The zero-order chi connectivity index (χ0) is 20.0. The van der Waals surface area contributed by atoms with Gasteiger partial charge in [-0.3, -0.25) is 9.59 Å². The summed E-state index contributed by atoms with van der Waals surface area (Å²) in [5.41, 5.74) is 0.331. The molecule has 2 heterocycles. The lowest BCUT2D eigenvalue weighted by Gasteiger charge is -2.26. The summed E-state index contributed by atoms with van der Waals surface area (Å²) in [4.78, 5) is 33.1. The minimum absolute atomic E-state index is 0.154. The Morgan fingerprint density at radius 2 is 1.63 bits per heavy atom. The first-order valence-corrected chi connectivity index (χ1v) is 8.55. The van der Waals surface area contributed by atoms with Crippen LogP contribution in [0.15, 0.2) is 36.7 Å². The molecule has 0 aromatic carbocycles. The van der Waals surface area contributed by atoms with Crippen LogP contribution in [0.25, 0.3) is 0 Å². The first-order chi connectivity index (χ1) is 12.8. The lowest BCUT2D eigenvalue weighted by Crippen LogP contribution is -2.45. The van der Waals surface area contributed by atoms with Crippen molar-refractivity contribution in [2.75, 3.05) is 13.6 Å². The van der Waals surface area contributed by atoms with Crippen molar-refractivity contribution in [1.29, 1.82) is 0 Å². The van der Waals surface area contributed by atoms with Gasteiger partial charge in [0.15, 0.2) is 0 Å². The fourth-order valence-corrected chi connectivity index (χ4v) is 2.73. The van der Waals surface area contributed by atoms with Crippen LogP contribution in [0, 0.1) is 17.8 Å². The van der Waals surface area contributed by atoms with E-state index in [0.29, 0.717) is 6.42 Å². The molecule has 0 bridgehead atoms. The molecule has 0 fully saturated rings. The van der Waals surface area contributed by atoms with E-state index < -0.39 is 17.8 Å². The summed E-state index contributed by atoms with van der Waals surface area (Å²) >= 11 is 0. The van der Waals surface area contributed by atoms with Gasteiger partial charge in [0.25, 0.3) is 11.8 Å².